The van der Waals surface area contributed by atoms with E-state index in [1.54, 1.807) is 0 Å². The predicted octanol–water partition coefficient (Wildman–Crippen LogP) is 0.877. The first-order chi connectivity index (χ1) is 7.16. The fourth-order valence-electron chi connectivity index (χ4n) is 2.35. The van der Waals surface area contributed by atoms with Crippen molar-refractivity contribution in [3.8, 4) is 0 Å². The van der Waals surface area contributed by atoms with E-state index in [0.717, 1.165) is 13.1 Å². The van der Waals surface area contributed by atoms with Crippen LogP contribution in [0.25, 0.3) is 0 Å². The van der Waals surface area contributed by atoms with Crippen LogP contribution in [0.1, 0.15) is 39.5 Å². The van der Waals surface area contributed by atoms with Gasteiger partial charge in [-0.05, 0) is 31.8 Å². The van der Waals surface area contributed by atoms with Gasteiger partial charge in [-0.2, -0.15) is 0 Å². The van der Waals surface area contributed by atoms with Crippen LogP contribution in [0.3, 0.4) is 0 Å². The van der Waals surface area contributed by atoms with Crippen molar-refractivity contribution in [2.45, 2.75) is 45.6 Å². The molecule has 0 unspecified atom stereocenters. The zero-order valence-electron chi connectivity index (χ0n) is 9.83. The minimum absolute atomic E-state index is 0.0492. The molecule has 0 bridgehead atoms. The zero-order chi connectivity index (χ0) is 11.3. The Labute approximate surface area is 92.2 Å². The second-order valence-electron chi connectivity index (χ2n) is 4.65. The molecule has 1 fully saturated rings. The van der Waals surface area contributed by atoms with Gasteiger partial charge in [-0.15, -0.1) is 0 Å². The Balaban J connectivity index is 2.64. The molecule has 0 spiro atoms. The summed E-state index contributed by atoms with van der Waals surface area (Å²) in [5.74, 6) is 5.49. The van der Waals surface area contributed by atoms with Gasteiger partial charge in [-0.1, -0.05) is 26.7 Å². The summed E-state index contributed by atoms with van der Waals surface area (Å²) in [6, 6.07) is -0.0619. The Morgan fingerprint density at radius 1 is 1.20 bits per heavy atom. The van der Waals surface area contributed by atoms with Crippen LogP contribution in [-0.4, -0.2) is 29.9 Å². The number of carbonyl (C=O) groups excluding carboxylic acids is 1. The number of nitrogens with one attached hydrogen (secondary N) is 1. The van der Waals surface area contributed by atoms with Gasteiger partial charge in [0.15, 0.2) is 0 Å². The maximum absolute atomic E-state index is 11.7. The number of carbonyl (C=O) groups is 1. The Morgan fingerprint density at radius 3 is 2.13 bits per heavy atom. The summed E-state index contributed by atoms with van der Waals surface area (Å²) in [6.07, 6.45) is 4.96. The van der Waals surface area contributed by atoms with Crippen molar-refractivity contribution in [2.24, 2.45) is 11.8 Å². The molecule has 0 aromatic heterocycles. The number of rotatable bonds is 3. The highest BCUT2D eigenvalue weighted by atomic mass is 16.2. The highest BCUT2D eigenvalue weighted by Crippen LogP contribution is 2.17. The molecule has 1 aliphatic rings. The second kappa shape index (κ2) is 6.08. The SMILES string of the molecule is CC(C)[C@H](C(=O)NN)N1CCCCCC1. The summed E-state index contributed by atoms with van der Waals surface area (Å²) >= 11 is 0. The Hall–Kier alpha value is -0.610. The first kappa shape index (κ1) is 12.5. The minimum Gasteiger partial charge on any atom is -0.293 e. The first-order valence-corrected chi connectivity index (χ1v) is 5.91. The minimum atomic E-state index is -0.0619. The molecule has 88 valence electrons. The monoisotopic (exact) mass is 213 g/mol. The molecule has 1 amide bonds. The largest absolute Gasteiger partial charge is 0.293 e. The summed E-state index contributed by atoms with van der Waals surface area (Å²) < 4.78 is 0. The molecular formula is C11H23N3O. The average Bonchev–Trinajstić information content (AvgIpc) is 2.46. The molecule has 4 heteroatoms. The van der Waals surface area contributed by atoms with E-state index in [2.05, 4.69) is 24.2 Å². The third-order valence-electron chi connectivity index (χ3n) is 3.08. The molecule has 4 nitrogen and oxygen atoms in total. The smallest absolute Gasteiger partial charge is 0.251 e. The molecule has 3 N–H and O–H groups in total. The number of hydrazine groups is 1. The lowest BCUT2D eigenvalue weighted by Gasteiger charge is -2.31. The molecule has 1 heterocycles. The number of nitrogens with zero attached hydrogens (tertiary/aromatic N) is 1. The maximum atomic E-state index is 11.7. The van der Waals surface area contributed by atoms with Crippen LogP contribution in [0.4, 0.5) is 0 Å². The molecule has 0 aromatic carbocycles. The van der Waals surface area contributed by atoms with Crippen molar-refractivity contribution < 1.29 is 4.79 Å². The molecule has 0 aromatic rings. The van der Waals surface area contributed by atoms with Crippen molar-refractivity contribution in [2.75, 3.05) is 13.1 Å². The molecule has 0 saturated carbocycles. The van der Waals surface area contributed by atoms with E-state index in [1.807, 2.05) is 0 Å². The van der Waals surface area contributed by atoms with E-state index in [0.29, 0.717) is 5.92 Å². The molecule has 1 atom stereocenters. The summed E-state index contributed by atoms with van der Waals surface area (Å²) in [5, 5.41) is 0. The van der Waals surface area contributed by atoms with Crippen molar-refractivity contribution >= 4 is 5.91 Å². The van der Waals surface area contributed by atoms with Crippen molar-refractivity contribution in [3.05, 3.63) is 0 Å². The average molecular weight is 213 g/mol. The number of hydrogen-bond acceptors (Lipinski definition) is 3. The van der Waals surface area contributed by atoms with Crippen molar-refractivity contribution in [1.29, 1.82) is 0 Å². The van der Waals surface area contributed by atoms with Crippen molar-refractivity contribution in [1.82, 2.24) is 10.3 Å². The molecule has 0 aliphatic carbocycles. The van der Waals surface area contributed by atoms with E-state index >= 15 is 0 Å². The van der Waals surface area contributed by atoms with E-state index in [4.69, 9.17) is 5.84 Å². The molecule has 15 heavy (non-hydrogen) atoms. The van der Waals surface area contributed by atoms with Gasteiger partial charge >= 0.3 is 0 Å². The van der Waals surface area contributed by atoms with E-state index < -0.39 is 0 Å². The third-order valence-corrected chi connectivity index (χ3v) is 3.08. The number of nitrogens with two attached hydrogens (primary N) is 1. The summed E-state index contributed by atoms with van der Waals surface area (Å²) in [7, 11) is 0. The lowest BCUT2D eigenvalue weighted by Crippen LogP contribution is -2.52. The maximum Gasteiger partial charge on any atom is 0.251 e. The standard InChI is InChI=1S/C11H23N3O/c1-9(2)10(11(15)13-12)14-7-5-3-4-6-8-14/h9-10H,3-8,12H2,1-2H3,(H,13,15)/t10-/m1/s1. The molecule has 0 radical (unpaired) electrons. The lowest BCUT2D eigenvalue weighted by atomic mass is 10.0. The lowest BCUT2D eigenvalue weighted by molar-refractivity contribution is -0.128. The summed E-state index contributed by atoms with van der Waals surface area (Å²) in [5.41, 5.74) is 2.28. The number of likely N-dealkylation sites (tertiary alicyclic amines) is 1. The quantitative estimate of drug-likeness (QED) is 0.415. The van der Waals surface area contributed by atoms with E-state index in [1.165, 1.54) is 25.7 Å². The molecule has 1 saturated heterocycles. The van der Waals surface area contributed by atoms with Gasteiger partial charge < -0.3 is 0 Å². The van der Waals surface area contributed by atoms with Crippen LogP contribution in [-0.2, 0) is 4.79 Å². The van der Waals surface area contributed by atoms with Gasteiger partial charge in [0.1, 0.15) is 0 Å². The topological polar surface area (TPSA) is 58.4 Å². The zero-order valence-corrected chi connectivity index (χ0v) is 9.83. The van der Waals surface area contributed by atoms with Gasteiger partial charge in [0.2, 0.25) is 0 Å². The van der Waals surface area contributed by atoms with Gasteiger partial charge in [0.25, 0.3) is 5.91 Å². The van der Waals surface area contributed by atoms with Crippen LogP contribution in [0, 0.1) is 5.92 Å². The molecule has 1 aliphatic heterocycles. The third kappa shape index (κ3) is 3.47. The summed E-state index contributed by atoms with van der Waals surface area (Å²) in [4.78, 5) is 14.0. The Morgan fingerprint density at radius 2 is 1.73 bits per heavy atom. The van der Waals surface area contributed by atoms with Crippen LogP contribution < -0.4 is 11.3 Å². The van der Waals surface area contributed by atoms with Crippen molar-refractivity contribution in [3.63, 3.8) is 0 Å². The van der Waals surface area contributed by atoms with Crippen LogP contribution >= 0.6 is 0 Å². The molecule has 1 rings (SSSR count). The highest BCUT2D eigenvalue weighted by Gasteiger charge is 2.28. The van der Waals surface area contributed by atoms with Crippen LogP contribution in [0.5, 0.6) is 0 Å². The first-order valence-electron chi connectivity index (χ1n) is 5.91. The van der Waals surface area contributed by atoms with Crippen LogP contribution in [0.2, 0.25) is 0 Å². The number of hydrogen-bond donors (Lipinski definition) is 2. The fourth-order valence-corrected chi connectivity index (χ4v) is 2.35. The fraction of sp³-hybridized carbons (Fsp3) is 0.909. The predicted molar refractivity (Wildman–Crippen MR) is 61.0 cm³/mol. The Kier molecular flexibility index (Phi) is 5.05. The Bertz CT molecular complexity index is 198. The van der Waals surface area contributed by atoms with Gasteiger partial charge in [-0.3, -0.25) is 15.1 Å². The molecular weight excluding hydrogens is 190 g/mol. The highest BCUT2D eigenvalue weighted by molar-refractivity contribution is 5.81. The van der Waals surface area contributed by atoms with Gasteiger partial charge in [0, 0.05) is 0 Å². The normalized spacial score (nSPS) is 21.1. The van der Waals surface area contributed by atoms with Crippen LogP contribution in [0.15, 0.2) is 0 Å². The summed E-state index contributed by atoms with van der Waals surface area (Å²) in [6.45, 7) is 6.20. The van der Waals surface area contributed by atoms with E-state index in [-0.39, 0.29) is 11.9 Å². The van der Waals surface area contributed by atoms with Gasteiger partial charge in [-0.25, -0.2) is 5.84 Å². The number of amides is 1. The van der Waals surface area contributed by atoms with E-state index in [9.17, 15) is 4.79 Å². The van der Waals surface area contributed by atoms with Gasteiger partial charge in [0.05, 0.1) is 6.04 Å². The second-order valence-corrected chi connectivity index (χ2v) is 4.65.